The van der Waals surface area contributed by atoms with Crippen LogP contribution < -0.4 is 10.1 Å². The maximum Gasteiger partial charge on any atom is 0.265 e. The van der Waals surface area contributed by atoms with Crippen LogP contribution in [0, 0.1) is 6.92 Å². The van der Waals surface area contributed by atoms with E-state index in [1.54, 1.807) is 6.92 Å². The minimum absolute atomic E-state index is 0.0851. The second-order valence-corrected chi connectivity index (χ2v) is 3.25. The molecule has 0 fully saturated rings. The van der Waals surface area contributed by atoms with Crippen molar-refractivity contribution in [3.05, 3.63) is 23.8 Å². The molecule has 68 valence electrons. The number of amides is 1. The van der Waals surface area contributed by atoms with E-state index in [9.17, 15) is 4.79 Å². The lowest BCUT2D eigenvalue weighted by molar-refractivity contribution is -0.122. The van der Waals surface area contributed by atoms with Crippen LogP contribution in [0.1, 0.15) is 12.5 Å². The number of hydrogen-bond acceptors (Lipinski definition) is 2. The van der Waals surface area contributed by atoms with Gasteiger partial charge in [0, 0.05) is 0 Å². The number of ether oxygens (including phenoxy) is 1. The van der Waals surface area contributed by atoms with Gasteiger partial charge in [-0.3, -0.25) is 4.79 Å². The van der Waals surface area contributed by atoms with E-state index in [2.05, 4.69) is 5.32 Å². The minimum Gasteiger partial charge on any atom is -0.479 e. The molecular formula is C10H11NO2. The van der Waals surface area contributed by atoms with Crippen LogP contribution in [0.2, 0.25) is 0 Å². The molecule has 1 atom stereocenters. The lowest BCUT2D eigenvalue weighted by Crippen LogP contribution is -2.34. The lowest BCUT2D eigenvalue weighted by Gasteiger charge is -2.23. The molecule has 1 amide bonds. The number of carbonyl (C=O) groups is 1. The number of nitrogens with one attached hydrogen (secondary N) is 1. The second kappa shape index (κ2) is 2.76. The van der Waals surface area contributed by atoms with E-state index < -0.39 is 6.10 Å². The zero-order valence-electron chi connectivity index (χ0n) is 7.63. The van der Waals surface area contributed by atoms with Crippen LogP contribution in [-0.4, -0.2) is 12.0 Å². The first-order valence-electron chi connectivity index (χ1n) is 4.25. The van der Waals surface area contributed by atoms with Crippen LogP contribution in [0.5, 0.6) is 5.75 Å². The Kier molecular flexibility index (Phi) is 1.72. The molecule has 3 nitrogen and oxygen atoms in total. The third-order valence-electron chi connectivity index (χ3n) is 2.07. The van der Waals surface area contributed by atoms with Gasteiger partial charge in [-0.05, 0) is 31.5 Å². The van der Waals surface area contributed by atoms with E-state index in [0.717, 1.165) is 17.0 Å². The van der Waals surface area contributed by atoms with Crippen molar-refractivity contribution in [2.24, 2.45) is 0 Å². The van der Waals surface area contributed by atoms with Gasteiger partial charge < -0.3 is 10.1 Å². The van der Waals surface area contributed by atoms with Crippen molar-refractivity contribution >= 4 is 11.6 Å². The number of benzene rings is 1. The molecule has 1 heterocycles. The molecule has 13 heavy (non-hydrogen) atoms. The number of rotatable bonds is 0. The average Bonchev–Trinajstić information content (AvgIpc) is 2.08. The normalized spacial score (nSPS) is 20.2. The summed E-state index contributed by atoms with van der Waals surface area (Å²) in [6, 6.07) is 5.74. The molecule has 3 heteroatoms. The maximum absolute atomic E-state index is 11.2. The molecule has 0 spiro atoms. The Morgan fingerprint density at radius 3 is 3.00 bits per heavy atom. The highest BCUT2D eigenvalue weighted by atomic mass is 16.5. The zero-order chi connectivity index (χ0) is 9.42. The summed E-state index contributed by atoms with van der Waals surface area (Å²) >= 11 is 0. The SMILES string of the molecule is Cc1ccc2c(c1)NC(=O)[C@@H](C)O2. The zero-order valence-corrected chi connectivity index (χ0v) is 7.63. The van der Waals surface area contributed by atoms with Crippen molar-refractivity contribution in [3.63, 3.8) is 0 Å². The first-order chi connectivity index (χ1) is 6.16. The molecule has 1 N–H and O–H groups in total. The number of anilines is 1. The highest BCUT2D eigenvalue weighted by molar-refractivity contribution is 5.97. The first kappa shape index (κ1) is 8.10. The van der Waals surface area contributed by atoms with Gasteiger partial charge in [0.15, 0.2) is 6.10 Å². The average molecular weight is 177 g/mol. The van der Waals surface area contributed by atoms with Gasteiger partial charge in [-0.1, -0.05) is 6.07 Å². The van der Waals surface area contributed by atoms with Gasteiger partial charge in [-0.2, -0.15) is 0 Å². The van der Waals surface area contributed by atoms with Gasteiger partial charge in [0.2, 0.25) is 0 Å². The number of hydrogen-bond donors (Lipinski definition) is 1. The molecule has 1 aromatic carbocycles. The summed E-state index contributed by atoms with van der Waals surface area (Å²) < 4.78 is 5.39. The molecule has 0 saturated carbocycles. The Balaban J connectivity index is 2.42. The Morgan fingerprint density at radius 1 is 1.46 bits per heavy atom. The van der Waals surface area contributed by atoms with E-state index in [1.807, 2.05) is 25.1 Å². The molecule has 2 rings (SSSR count). The Hall–Kier alpha value is -1.51. The van der Waals surface area contributed by atoms with E-state index in [0.29, 0.717) is 0 Å². The molecule has 1 aromatic rings. The largest absolute Gasteiger partial charge is 0.479 e. The van der Waals surface area contributed by atoms with Crippen LogP contribution in [0.15, 0.2) is 18.2 Å². The molecule has 0 radical (unpaired) electrons. The fourth-order valence-electron chi connectivity index (χ4n) is 1.32. The predicted octanol–water partition coefficient (Wildman–Crippen LogP) is 1.71. The highest BCUT2D eigenvalue weighted by Crippen LogP contribution is 2.29. The lowest BCUT2D eigenvalue weighted by atomic mass is 10.1. The number of carbonyl (C=O) groups excluding carboxylic acids is 1. The van der Waals surface area contributed by atoms with Crippen molar-refractivity contribution in [2.45, 2.75) is 20.0 Å². The summed E-state index contributed by atoms with van der Waals surface area (Å²) in [6.07, 6.45) is -0.393. The quantitative estimate of drug-likeness (QED) is 0.655. The third kappa shape index (κ3) is 1.37. The summed E-state index contributed by atoms with van der Waals surface area (Å²) in [5.74, 6) is 0.663. The van der Waals surface area contributed by atoms with Crippen LogP contribution in [0.4, 0.5) is 5.69 Å². The summed E-state index contributed by atoms with van der Waals surface area (Å²) in [5.41, 5.74) is 1.88. The van der Waals surface area contributed by atoms with E-state index in [1.165, 1.54) is 0 Å². The van der Waals surface area contributed by atoms with Gasteiger partial charge >= 0.3 is 0 Å². The fourth-order valence-corrected chi connectivity index (χ4v) is 1.32. The van der Waals surface area contributed by atoms with Crippen LogP contribution >= 0.6 is 0 Å². The topological polar surface area (TPSA) is 38.3 Å². The predicted molar refractivity (Wildman–Crippen MR) is 49.9 cm³/mol. The van der Waals surface area contributed by atoms with Crippen LogP contribution in [0.25, 0.3) is 0 Å². The van der Waals surface area contributed by atoms with Gasteiger partial charge in [0.05, 0.1) is 5.69 Å². The van der Waals surface area contributed by atoms with Gasteiger partial charge in [-0.25, -0.2) is 0 Å². The van der Waals surface area contributed by atoms with Crippen LogP contribution in [-0.2, 0) is 4.79 Å². The Bertz CT molecular complexity index is 360. The third-order valence-corrected chi connectivity index (χ3v) is 2.07. The van der Waals surface area contributed by atoms with Crippen molar-refractivity contribution in [1.82, 2.24) is 0 Å². The number of fused-ring (bicyclic) bond motifs is 1. The second-order valence-electron chi connectivity index (χ2n) is 3.25. The molecule has 0 aromatic heterocycles. The van der Waals surface area contributed by atoms with Crippen LogP contribution in [0.3, 0.4) is 0 Å². The van der Waals surface area contributed by atoms with Gasteiger partial charge in [0.25, 0.3) is 5.91 Å². The fraction of sp³-hybridized carbons (Fsp3) is 0.300. The van der Waals surface area contributed by atoms with Crippen molar-refractivity contribution in [1.29, 1.82) is 0 Å². The highest BCUT2D eigenvalue weighted by Gasteiger charge is 2.22. The standard InChI is InChI=1S/C10H11NO2/c1-6-3-4-9-8(5-6)11-10(12)7(2)13-9/h3-5,7H,1-2H3,(H,11,12)/t7-/m1/s1. The summed E-state index contributed by atoms with van der Waals surface area (Å²) in [7, 11) is 0. The smallest absolute Gasteiger partial charge is 0.265 e. The Labute approximate surface area is 76.7 Å². The Morgan fingerprint density at radius 2 is 2.23 bits per heavy atom. The molecule has 0 unspecified atom stereocenters. The minimum atomic E-state index is -0.393. The van der Waals surface area contributed by atoms with E-state index >= 15 is 0 Å². The summed E-state index contributed by atoms with van der Waals surface area (Å²) in [4.78, 5) is 11.2. The molecule has 1 aliphatic heterocycles. The van der Waals surface area contributed by atoms with Gasteiger partial charge in [0.1, 0.15) is 5.75 Å². The van der Waals surface area contributed by atoms with Gasteiger partial charge in [-0.15, -0.1) is 0 Å². The molecule has 0 saturated heterocycles. The molecule has 1 aliphatic rings. The molecule has 0 bridgehead atoms. The monoisotopic (exact) mass is 177 g/mol. The summed E-state index contributed by atoms with van der Waals surface area (Å²) in [6.45, 7) is 3.71. The summed E-state index contributed by atoms with van der Waals surface area (Å²) in [5, 5.41) is 2.79. The first-order valence-corrected chi connectivity index (χ1v) is 4.25. The van der Waals surface area contributed by atoms with E-state index in [-0.39, 0.29) is 5.91 Å². The van der Waals surface area contributed by atoms with E-state index in [4.69, 9.17) is 4.74 Å². The van der Waals surface area contributed by atoms with Crippen molar-refractivity contribution in [3.8, 4) is 5.75 Å². The number of aryl methyl sites for hydroxylation is 1. The van der Waals surface area contributed by atoms with Crippen molar-refractivity contribution < 1.29 is 9.53 Å². The maximum atomic E-state index is 11.2. The molecule has 0 aliphatic carbocycles. The van der Waals surface area contributed by atoms with Crippen molar-refractivity contribution in [2.75, 3.05) is 5.32 Å². The molecular weight excluding hydrogens is 166 g/mol.